The second kappa shape index (κ2) is 1.90. The zero-order valence-electron chi connectivity index (χ0n) is 6.70. The molecule has 1 fully saturated rings. The minimum Gasteiger partial charge on any atom is -0.198 e. The van der Waals surface area contributed by atoms with Crippen molar-refractivity contribution in [3.05, 3.63) is 35.4 Å². The number of nitrogens with zero attached hydrogens (tertiary/aromatic N) is 1. The van der Waals surface area contributed by atoms with Crippen LogP contribution in [0.3, 0.4) is 0 Å². The maximum atomic E-state index is 8.79. The van der Waals surface area contributed by atoms with Crippen LogP contribution in [0.15, 0.2) is 24.3 Å². The molecule has 2 aliphatic rings. The zero-order valence-corrected chi connectivity index (χ0v) is 6.70. The number of benzene rings is 1. The van der Waals surface area contributed by atoms with Crippen molar-refractivity contribution in [2.75, 3.05) is 0 Å². The van der Waals surface area contributed by atoms with E-state index < -0.39 is 0 Å². The Morgan fingerprint density at radius 2 is 2.17 bits per heavy atom. The highest BCUT2D eigenvalue weighted by Crippen LogP contribution is 2.60. The van der Waals surface area contributed by atoms with Gasteiger partial charge in [-0.25, -0.2) is 0 Å². The molecule has 0 spiro atoms. The first-order chi connectivity index (χ1) is 5.92. The Labute approximate surface area is 71.6 Å². The van der Waals surface area contributed by atoms with Crippen LogP contribution in [-0.2, 0) is 6.42 Å². The minimum atomic E-state index is 0.333. The van der Waals surface area contributed by atoms with E-state index in [1.165, 1.54) is 11.1 Å². The molecule has 0 aromatic heterocycles. The summed E-state index contributed by atoms with van der Waals surface area (Å²) in [5.41, 5.74) is 2.91. The van der Waals surface area contributed by atoms with Crippen LogP contribution >= 0.6 is 0 Å². The summed E-state index contributed by atoms with van der Waals surface area (Å²) in [5, 5.41) is 8.79. The van der Waals surface area contributed by atoms with Crippen LogP contribution in [0.25, 0.3) is 0 Å². The van der Waals surface area contributed by atoms with E-state index in [2.05, 4.69) is 30.3 Å². The van der Waals surface area contributed by atoms with Gasteiger partial charge < -0.3 is 0 Å². The van der Waals surface area contributed by atoms with Gasteiger partial charge in [0.1, 0.15) is 0 Å². The minimum absolute atomic E-state index is 0.333. The van der Waals surface area contributed by atoms with Crippen molar-refractivity contribution in [3.63, 3.8) is 0 Å². The number of rotatable bonds is 0. The lowest BCUT2D eigenvalue weighted by molar-refractivity contribution is 0.805. The van der Waals surface area contributed by atoms with E-state index in [0.717, 1.165) is 6.42 Å². The fraction of sp³-hybridized carbons (Fsp3) is 0.364. The van der Waals surface area contributed by atoms with Crippen LogP contribution in [0.5, 0.6) is 0 Å². The predicted molar refractivity (Wildman–Crippen MR) is 45.5 cm³/mol. The molecule has 0 bridgehead atoms. The summed E-state index contributed by atoms with van der Waals surface area (Å²) in [6.07, 6.45) is 1.14. The summed E-state index contributed by atoms with van der Waals surface area (Å²) >= 11 is 0. The third-order valence-electron chi connectivity index (χ3n) is 3.19. The van der Waals surface area contributed by atoms with Crippen LogP contribution in [0.4, 0.5) is 0 Å². The highest BCUT2D eigenvalue weighted by atomic mass is 14.6. The Balaban J connectivity index is 2.07. The van der Waals surface area contributed by atoms with Gasteiger partial charge in [-0.3, -0.25) is 0 Å². The number of fused-ring (bicyclic) bond motifs is 3. The molecule has 1 nitrogen and oxygen atoms in total. The van der Waals surface area contributed by atoms with Crippen LogP contribution in [0.2, 0.25) is 0 Å². The fourth-order valence-electron chi connectivity index (χ4n) is 2.53. The molecule has 1 heteroatoms. The van der Waals surface area contributed by atoms with Crippen molar-refractivity contribution in [3.8, 4) is 6.07 Å². The molecule has 0 amide bonds. The Bertz CT molecular complexity index is 375. The fourth-order valence-corrected chi connectivity index (χ4v) is 2.53. The SMILES string of the molecule is N#C[C@H]1[C@@H]2Cc3ccccc3[C@H]12. The van der Waals surface area contributed by atoms with Gasteiger partial charge in [0.05, 0.1) is 12.0 Å². The van der Waals surface area contributed by atoms with E-state index in [-0.39, 0.29) is 0 Å². The van der Waals surface area contributed by atoms with Gasteiger partial charge in [0.15, 0.2) is 0 Å². The summed E-state index contributed by atoms with van der Waals surface area (Å²) in [4.78, 5) is 0. The van der Waals surface area contributed by atoms with Gasteiger partial charge in [-0.1, -0.05) is 24.3 Å². The molecule has 3 atom stereocenters. The van der Waals surface area contributed by atoms with E-state index in [1.54, 1.807) is 0 Å². The molecule has 1 aromatic carbocycles. The largest absolute Gasteiger partial charge is 0.198 e. The third-order valence-corrected chi connectivity index (χ3v) is 3.19. The van der Waals surface area contributed by atoms with E-state index in [9.17, 15) is 0 Å². The molecular weight excluding hydrogens is 146 g/mol. The molecule has 0 N–H and O–H groups in total. The lowest BCUT2D eigenvalue weighted by Crippen LogP contribution is -1.90. The van der Waals surface area contributed by atoms with Crippen molar-refractivity contribution in [2.45, 2.75) is 12.3 Å². The van der Waals surface area contributed by atoms with Crippen LogP contribution < -0.4 is 0 Å². The molecular formula is C11H9N. The van der Waals surface area contributed by atoms with Gasteiger partial charge in [-0.2, -0.15) is 5.26 Å². The van der Waals surface area contributed by atoms with Gasteiger partial charge in [-0.15, -0.1) is 0 Å². The monoisotopic (exact) mass is 155 g/mol. The topological polar surface area (TPSA) is 23.8 Å². The maximum absolute atomic E-state index is 8.79. The van der Waals surface area contributed by atoms with Crippen molar-refractivity contribution in [2.24, 2.45) is 11.8 Å². The Morgan fingerprint density at radius 3 is 3.00 bits per heavy atom. The molecule has 0 aliphatic heterocycles. The molecule has 0 saturated heterocycles. The van der Waals surface area contributed by atoms with Crippen LogP contribution in [0.1, 0.15) is 17.0 Å². The van der Waals surface area contributed by atoms with E-state index in [4.69, 9.17) is 5.26 Å². The molecule has 2 aliphatic carbocycles. The van der Waals surface area contributed by atoms with E-state index >= 15 is 0 Å². The standard InChI is InChI=1S/C11H9N/c12-6-10-9-5-7-3-1-2-4-8(7)11(9)10/h1-4,9-11H,5H2/t9-,10-,11-/m0/s1. The summed E-state index contributed by atoms with van der Waals surface area (Å²) in [7, 11) is 0. The molecule has 3 rings (SSSR count). The third kappa shape index (κ3) is 0.587. The summed E-state index contributed by atoms with van der Waals surface area (Å²) in [5.74, 6) is 1.58. The van der Waals surface area contributed by atoms with Crippen LogP contribution in [0, 0.1) is 23.2 Å². The lowest BCUT2D eigenvalue weighted by Gasteiger charge is -2.01. The van der Waals surface area contributed by atoms with Crippen molar-refractivity contribution in [1.29, 1.82) is 5.26 Å². The summed E-state index contributed by atoms with van der Waals surface area (Å²) in [6, 6.07) is 10.9. The van der Waals surface area contributed by atoms with Crippen LogP contribution in [-0.4, -0.2) is 0 Å². The second-order valence-electron chi connectivity index (χ2n) is 3.75. The van der Waals surface area contributed by atoms with Crippen molar-refractivity contribution >= 4 is 0 Å². The Hall–Kier alpha value is -1.29. The highest BCUT2D eigenvalue weighted by Gasteiger charge is 2.55. The van der Waals surface area contributed by atoms with Gasteiger partial charge in [0.25, 0.3) is 0 Å². The molecule has 58 valence electrons. The quantitative estimate of drug-likeness (QED) is 0.562. The maximum Gasteiger partial charge on any atom is 0.0665 e. The lowest BCUT2D eigenvalue weighted by atomic mass is 10.0. The smallest absolute Gasteiger partial charge is 0.0665 e. The summed E-state index contributed by atoms with van der Waals surface area (Å²) in [6.45, 7) is 0. The normalized spacial score (nSPS) is 35.1. The average Bonchev–Trinajstić information content (AvgIpc) is 2.68. The molecule has 1 aromatic rings. The average molecular weight is 155 g/mol. The number of hydrogen-bond acceptors (Lipinski definition) is 1. The molecule has 1 saturated carbocycles. The van der Waals surface area contributed by atoms with Crippen molar-refractivity contribution in [1.82, 2.24) is 0 Å². The van der Waals surface area contributed by atoms with Gasteiger partial charge in [-0.05, 0) is 23.5 Å². The van der Waals surface area contributed by atoms with Gasteiger partial charge >= 0.3 is 0 Å². The predicted octanol–water partition coefficient (Wildman–Crippen LogP) is 2.10. The van der Waals surface area contributed by atoms with E-state index in [1.807, 2.05) is 0 Å². The van der Waals surface area contributed by atoms with Gasteiger partial charge in [0, 0.05) is 5.92 Å². The van der Waals surface area contributed by atoms with Gasteiger partial charge in [0.2, 0.25) is 0 Å². The molecule has 0 unspecified atom stereocenters. The number of nitriles is 1. The van der Waals surface area contributed by atoms with Crippen molar-refractivity contribution < 1.29 is 0 Å². The Morgan fingerprint density at radius 1 is 1.33 bits per heavy atom. The summed E-state index contributed by atoms with van der Waals surface area (Å²) < 4.78 is 0. The molecule has 0 radical (unpaired) electrons. The molecule has 0 heterocycles. The Kier molecular flexibility index (Phi) is 0.988. The zero-order chi connectivity index (χ0) is 8.13. The van der Waals surface area contributed by atoms with E-state index in [0.29, 0.717) is 17.8 Å². The first-order valence-corrected chi connectivity index (χ1v) is 4.39. The first-order valence-electron chi connectivity index (χ1n) is 4.39. The first kappa shape index (κ1) is 6.25. The highest BCUT2D eigenvalue weighted by molar-refractivity contribution is 5.45. The molecule has 12 heavy (non-hydrogen) atoms. The number of hydrogen-bond donors (Lipinski definition) is 0. The second-order valence-corrected chi connectivity index (χ2v) is 3.75.